The fraction of sp³-hybridized carbons (Fsp3) is 0.222. The van der Waals surface area contributed by atoms with E-state index in [1.54, 1.807) is 4.90 Å². The zero-order chi connectivity index (χ0) is 15.4. The molecule has 0 radical (unpaired) electrons. The number of carbonyl (C=O) groups is 1. The number of nitrogens with zero attached hydrogens (tertiary/aromatic N) is 2. The number of anilines is 2. The summed E-state index contributed by atoms with van der Waals surface area (Å²) >= 11 is 0. The van der Waals surface area contributed by atoms with E-state index in [9.17, 15) is 4.79 Å². The van der Waals surface area contributed by atoms with E-state index in [0.29, 0.717) is 12.3 Å². The van der Waals surface area contributed by atoms with Gasteiger partial charge in [0.1, 0.15) is 6.61 Å². The van der Waals surface area contributed by atoms with Gasteiger partial charge in [-0.15, -0.1) is 0 Å². The van der Waals surface area contributed by atoms with Crippen LogP contribution in [0.5, 0.6) is 0 Å². The zero-order valence-electron chi connectivity index (χ0n) is 12.5. The van der Waals surface area contributed by atoms with Crippen LogP contribution in [-0.4, -0.2) is 18.2 Å². The maximum absolute atomic E-state index is 12.7. The Hall–Kier alpha value is -2.62. The normalized spacial score (nSPS) is 15.2. The summed E-state index contributed by atoms with van der Waals surface area (Å²) < 4.78 is 0. The topological polar surface area (TPSA) is 41.9 Å². The van der Waals surface area contributed by atoms with Crippen molar-refractivity contribution in [2.75, 3.05) is 11.5 Å². The fourth-order valence-electron chi connectivity index (χ4n) is 2.44. The van der Waals surface area contributed by atoms with E-state index in [1.165, 1.54) is 0 Å². The number of hydrogen-bond donors (Lipinski definition) is 0. The lowest BCUT2D eigenvalue weighted by Crippen LogP contribution is -2.25. The molecule has 0 saturated carbocycles. The second-order valence-electron chi connectivity index (χ2n) is 5.12. The van der Waals surface area contributed by atoms with Gasteiger partial charge in [-0.25, -0.2) is 0 Å². The number of benzene rings is 2. The van der Waals surface area contributed by atoms with Crippen LogP contribution in [0.15, 0.2) is 59.8 Å². The molecule has 0 N–H and O–H groups in total. The monoisotopic (exact) mass is 294 g/mol. The maximum Gasteiger partial charge on any atom is 0.285 e. The molecule has 1 aliphatic rings. The van der Waals surface area contributed by atoms with Gasteiger partial charge in [-0.2, -0.15) is 0 Å². The van der Waals surface area contributed by atoms with Crippen molar-refractivity contribution in [1.82, 2.24) is 0 Å². The lowest BCUT2D eigenvalue weighted by Gasteiger charge is -2.16. The molecule has 2 aromatic carbocycles. The number of fused-ring (bicyclic) bond motifs is 1. The third-order valence-corrected chi connectivity index (χ3v) is 3.57. The molecule has 4 nitrogen and oxygen atoms in total. The molecule has 3 rings (SSSR count). The van der Waals surface area contributed by atoms with E-state index in [4.69, 9.17) is 4.84 Å². The molecular weight excluding hydrogens is 276 g/mol. The van der Waals surface area contributed by atoms with Crippen molar-refractivity contribution in [3.05, 3.63) is 60.2 Å². The van der Waals surface area contributed by atoms with Crippen molar-refractivity contribution >= 4 is 23.0 Å². The molecule has 4 heteroatoms. The van der Waals surface area contributed by atoms with Gasteiger partial charge in [0.25, 0.3) is 5.91 Å². The molecule has 2 aromatic rings. The van der Waals surface area contributed by atoms with Crippen LogP contribution in [0.4, 0.5) is 11.4 Å². The van der Waals surface area contributed by atoms with Gasteiger partial charge in [-0.05, 0) is 24.6 Å². The molecule has 0 aliphatic carbocycles. The van der Waals surface area contributed by atoms with Gasteiger partial charge >= 0.3 is 0 Å². The molecule has 0 unspecified atom stereocenters. The molecule has 112 valence electrons. The third-order valence-electron chi connectivity index (χ3n) is 3.57. The Kier molecular flexibility index (Phi) is 4.19. The summed E-state index contributed by atoms with van der Waals surface area (Å²) in [4.78, 5) is 19.7. The standard InChI is InChI=1S/C18H18N2O2/c1-2-3-13-22-19-17-15-11-7-8-12-16(15)20(18(17)21)14-9-5-4-6-10-14/h4-12H,2-3,13H2,1H3. The second-order valence-corrected chi connectivity index (χ2v) is 5.12. The van der Waals surface area contributed by atoms with E-state index < -0.39 is 0 Å². The van der Waals surface area contributed by atoms with Gasteiger partial charge < -0.3 is 4.84 Å². The highest BCUT2D eigenvalue weighted by molar-refractivity contribution is 6.55. The van der Waals surface area contributed by atoms with Crippen molar-refractivity contribution in [2.24, 2.45) is 5.16 Å². The van der Waals surface area contributed by atoms with Gasteiger partial charge in [0.2, 0.25) is 0 Å². The van der Waals surface area contributed by atoms with Gasteiger partial charge in [0, 0.05) is 11.3 Å². The van der Waals surface area contributed by atoms with Gasteiger partial charge in [0.05, 0.1) is 5.69 Å². The molecule has 22 heavy (non-hydrogen) atoms. The highest BCUT2D eigenvalue weighted by Gasteiger charge is 2.35. The lowest BCUT2D eigenvalue weighted by molar-refractivity contribution is -0.111. The molecular formula is C18H18N2O2. The Morgan fingerprint density at radius 1 is 1.05 bits per heavy atom. The Morgan fingerprint density at radius 2 is 1.77 bits per heavy atom. The molecule has 1 heterocycles. The minimum Gasteiger partial charge on any atom is -0.395 e. The van der Waals surface area contributed by atoms with Crippen LogP contribution < -0.4 is 4.90 Å². The second kappa shape index (κ2) is 6.43. The highest BCUT2D eigenvalue weighted by atomic mass is 16.6. The fourth-order valence-corrected chi connectivity index (χ4v) is 2.44. The van der Waals surface area contributed by atoms with Crippen molar-refractivity contribution in [3.63, 3.8) is 0 Å². The van der Waals surface area contributed by atoms with E-state index in [1.807, 2.05) is 54.6 Å². The number of carbonyl (C=O) groups excluding carboxylic acids is 1. The number of hydrogen-bond acceptors (Lipinski definition) is 3. The maximum atomic E-state index is 12.7. The van der Waals surface area contributed by atoms with Crippen LogP contribution in [0.3, 0.4) is 0 Å². The Labute approximate surface area is 130 Å². The number of para-hydroxylation sites is 2. The summed E-state index contributed by atoms with van der Waals surface area (Å²) in [7, 11) is 0. The predicted molar refractivity (Wildman–Crippen MR) is 87.4 cm³/mol. The predicted octanol–water partition coefficient (Wildman–Crippen LogP) is 3.89. The molecule has 1 amide bonds. The molecule has 0 saturated heterocycles. The Bertz CT molecular complexity index is 695. The zero-order valence-corrected chi connectivity index (χ0v) is 12.5. The molecule has 0 aromatic heterocycles. The van der Waals surface area contributed by atoms with Crippen LogP contribution in [0.2, 0.25) is 0 Å². The molecule has 0 bridgehead atoms. The average molecular weight is 294 g/mol. The lowest BCUT2D eigenvalue weighted by atomic mass is 10.1. The summed E-state index contributed by atoms with van der Waals surface area (Å²) in [6.45, 7) is 2.62. The quantitative estimate of drug-likeness (QED) is 0.620. The van der Waals surface area contributed by atoms with E-state index in [0.717, 1.165) is 29.8 Å². The van der Waals surface area contributed by atoms with Crippen LogP contribution in [-0.2, 0) is 9.63 Å². The number of rotatable bonds is 5. The van der Waals surface area contributed by atoms with Crippen molar-refractivity contribution in [3.8, 4) is 0 Å². The first kappa shape index (κ1) is 14.3. The first-order valence-electron chi connectivity index (χ1n) is 7.51. The first-order chi connectivity index (χ1) is 10.8. The van der Waals surface area contributed by atoms with Crippen molar-refractivity contribution in [1.29, 1.82) is 0 Å². The first-order valence-corrected chi connectivity index (χ1v) is 7.51. The molecule has 0 fully saturated rings. The highest BCUT2D eigenvalue weighted by Crippen LogP contribution is 2.35. The average Bonchev–Trinajstić information content (AvgIpc) is 2.84. The van der Waals surface area contributed by atoms with Crippen LogP contribution >= 0.6 is 0 Å². The minimum absolute atomic E-state index is 0.149. The summed E-state index contributed by atoms with van der Waals surface area (Å²) in [6.07, 6.45) is 1.96. The van der Waals surface area contributed by atoms with Crippen molar-refractivity contribution in [2.45, 2.75) is 19.8 Å². The Balaban J connectivity index is 1.96. The minimum atomic E-state index is -0.149. The van der Waals surface area contributed by atoms with Crippen LogP contribution in [0.1, 0.15) is 25.3 Å². The number of oxime groups is 1. The molecule has 1 aliphatic heterocycles. The van der Waals surface area contributed by atoms with Crippen LogP contribution in [0, 0.1) is 0 Å². The van der Waals surface area contributed by atoms with E-state index in [-0.39, 0.29) is 5.91 Å². The van der Waals surface area contributed by atoms with Gasteiger partial charge in [-0.1, -0.05) is 54.9 Å². The summed E-state index contributed by atoms with van der Waals surface area (Å²) in [6, 6.07) is 17.2. The molecule has 0 atom stereocenters. The summed E-state index contributed by atoms with van der Waals surface area (Å²) in [5.74, 6) is -0.149. The molecule has 0 spiro atoms. The number of amides is 1. The van der Waals surface area contributed by atoms with Crippen LogP contribution in [0.25, 0.3) is 0 Å². The third kappa shape index (κ3) is 2.60. The summed E-state index contributed by atoms with van der Waals surface area (Å²) in [5.41, 5.74) is 2.86. The van der Waals surface area contributed by atoms with E-state index >= 15 is 0 Å². The largest absolute Gasteiger partial charge is 0.395 e. The smallest absolute Gasteiger partial charge is 0.285 e. The number of unbranched alkanes of at least 4 members (excludes halogenated alkanes) is 1. The summed E-state index contributed by atoms with van der Waals surface area (Å²) in [5, 5.41) is 4.08. The van der Waals surface area contributed by atoms with Crippen molar-refractivity contribution < 1.29 is 9.63 Å². The van der Waals surface area contributed by atoms with E-state index in [2.05, 4.69) is 12.1 Å². The Morgan fingerprint density at radius 3 is 2.55 bits per heavy atom. The SMILES string of the molecule is CCCCON=C1C(=O)N(c2ccccc2)c2ccccc21. The van der Waals surface area contributed by atoms with Gasteiger partial charge in [0.15, 0.2) is 5.71 Å². The van der Waals surface area contributed by atoms with Gasteiger partial charge in [-0.3, -0.25) is 9.69 Å².